The fraction of sp³-hybridized carbons (Fsp3) is 0.600. The fourth-order valence-electron chi connectivity index (χ4n) is 3.56. The molecule has 1 atom stereocenters. The predicted molar refractivity (Wildman–Crippen MR) is 109 cm³/mol. The van der Waals surface area contributed by atoms with Crippen molar-refractivity contribution in [3.05, 3.63) is 45.9 Å². The summed E-state index contributed by atoms with van der Waals surface area (Å²) in [4.78, 5) is 32.6. The highest BCUT2D eigenvalue weighted by Crippen LogP contribution is 2.15. The van der Waals surface area contributed by atoms with Crippen molar-refractivity contribution in [1.29, 1.82) is 0 Å². The molecule has 1 saturated heterocycles. The molecule has 9 nitrogen and oxygen atoms in total. The van der Waals surface area contributed by atoms with Gasteiger partial charge in [0, 0.05) is 38.9 Å². The van der Waals surface area contributed by atoms with E-state index >= 15 is 0 Å². The molecule has 0 aromatic carbocycles. The van der Waals surface area contributed by atoms with Gasteiger partial charge in [0.05, 0.1) is 19.3 Å². The number of nitrogens with one attached hydrogen (secondary N) is 1. The summed E-state index contributed by atoms with van der Waals surface area (Å²) in [5.41, 5.74) is 0.597. The van der Waals surface area contributed by atoms with Gasteiger partial charge in [-0.2, -0.15) is 5.10 Å². The Bertz CT molecular complexity index is 885. The number of carbonyl (C=O) groups is 1. The van der Waals surface area contributed by atoms with Crippen molar-refractivity contribution < 1.29 is 9.53 Å². The average Bonchev–Trinajstić information content (AvgIpc) is 3.21. The van der Waals surface area contributed by atoms with Crippen LogP contribution in [0.3, 0.4) is 0 Å². The Hall–Kier alpha value is -2.52. The lowest BCUT2D eigenvalue weighted by Gasteiger charge is -2.26. The number of aryl methyl sites for hydroxylation is 2. The SMILES string of the molecule is CCC(NC(=O)c1c(C)ccn(CCN2CCOCC2)c1=O)c1ncnn1CC. The second-order valence-corrected chi connectivity index (χ2v) is 7.19. The summed E-state index contributed by atoms with van der Waals surface area (Å²) in [6.45, 7) is 10.9. The van der Waals surface area contributed by atoms with Crippen molar-refractivity contribution in [3.63, 3.8) is 0 Å². The Morgan fingerprint density at radius 1 is 1.28 bits per heavy atom. The first kappa shape index (κ1) is 21.2. The van der Waals surface area contributed by atoms with Gasteiger partial charge in [-0.05, 0) is 31.9 Å². The first-order chi connectivity index (χ1) is 14.0. The number of rotatable bonds is 8. The van der Waals surface area contributed by atoms with Gasteiger partial charge in [-0.25, -0.2) is 9.67 Å². The zero-order valence-electron chi connectivity index (χ0n) is 17.4. The Morgan fingerprint density at radius 3 is 2.72 bits per heavy atom. The van der Waals surface area contributed by atoms with Gasteiger partial charge in [0.25, 0.3) is 11.5 Å². The monoisotopic (exact) mass is 402 g/mol. The lowest BCUT2D eigenvalue weighted by Crippen LogP contribution is -2.40. The predicted octanol–water partition coefficient (Wildman–Crippen LogP) is 0.981. The summed E-state index contributed by atoms with van der Waals surface area (Å²) < 4.78 is 8.74. The Morgan fingerprint density at radius 2 is 2.03 bits per heavy atom. The van der Waals surface area contributed by atoms with E-state index in [-0.39, 0.29) is 23.1 Å². The normalized spacial score (nSPS) is 16.0. The zero-order valence-corrected chi connectivity index (χ0v) is 17.4. The van der Waals surface area contributed by atoms with Gasteiger partial charge in [0.1, 0.15) is 17.7 Å². The van der Waals surface area contributed by atoms with Crippen molar-refractivity contribution >= 4 is 5.91 Å². The molecule has 1 aliphatic rings. The third-order valence-electron chi connectivity index (χ3n) is 5.33. The van der Waals surface area contributed by atoms with E-state index in [4.69, 9.17) is 4.74 Å². The molecule has 2 aromatic heterocycles. The topological polar surface area (TPSA) is 94.3 Å². The van der Waals surface area contributed by atoms with Crippen molar-refractivity contribution in [2.45, 2.75) is 46.3 Å². The molecule has 2 aromatic rings. The molecular formula is C20H30N6O3. The quantitative estimate of drug-likeness (QED) is 0.707. The highest BCUT2D eigenvalue weighted by Gasteiger charge is 2.22. The molecule has 0 aliphatic carbocycles. The number of pyridine rings is 1. The van der Waals surface area contributed by atoms with Crippen LogP contribution in [-0.2, 0) is 17.8 Å². The molecule has 29 heavy (non-hydrogen) atoms. The summed E-state index contributed by atoms with van der Waals surface area (Å²) in [5, 5.41) is 7.15. The molecule has 0 saturated carbocycles. The number of ether oxygens (including phenoxy) is 1. The van der Waals surface area contributed by atoms with Crippen LogP contribution in [0.25, 0.3) is 0 Å². The summed E-state index contributed by atoms with van der Waals surface area (Å²) in [7, 11) is 0. The first-order valence-electron chi connectivity index (χ1n) is 10.2. The molecule has 3 rings (SSSR count). The fourth-order valence-corrected chi connectivity index (χ4v) is 3.56. The second-order valence-electron chi connectivity index (χ2n) is 7.19. The third-order valence-corrected chi connectivity index (χ3v) is 5.33. The van der Waals surface area contributed by atoms with E-state index in [9.17, 15) is 9.59 Å². The Kier molecular flexibility index (Phi) is 7.16. The summed E-state index contributed by atoms with van der Waals surface area (Å²) >= 11 is 0. The molecule has 1 unspecified atom stereocenters. The molecule has 3 heterocycles. The van der Waals surface area contributed by atoms with Crippen molar-refractivity contribution in [2.24, 2.45) is 0 Å². The standard InChI is InChI=1S/C20H30N6O3/c1-4-16(18-21-14-22-26(18)5-2)23-19(27)17-15(3)6-7-25(20(17)28)9-8-24-10-12-29-13-11-24/h6-7,14,16H,4-5,8-13H2,1-3H3,(H,23,27). The van der Waals surface area contributed by atoms with Crippen LogP contribution in [0.2, 0.25) is 0 Å². The summed E-state index contributed by atoms with van der Waals surface area (Å²) in [6, 6.07) is 1.52. The number of amides is 1. The lowest BCUT2D eigenvalue weighted by atomic mass is 10.1. The van der Waals surface area contributed by atoms with E-state index < -0.39 is 0 Å². The minimum absolute atomic E-state index is 0.190. The van der Waals surface area contributed by atoms with Gasteiger partial charge < -0.3 is 14.6 Å². The highest BCUT2D eigenvalue weighted by molar-refractivity contribution is 5.95. The molecule has 1 N–H and O–H groups in total. The number of carbonyl (C=O) groups excluding carboxylic acids is 1. The van der Waals surface area contributed by atoms with Crippen molar-refractivity contribution in [3.8, 4) is 0 Å². The van der Waals surface area contributed by atoms with Gasteiger partial charge in [-0.3, -0.25) is 14.5 Å². The third kappa shape index (κ3) is 4.91. The number of aromatic nitrogens is 4. The van der Waals surface area contributed by atoms with Gasteiger partial charge in [0.2, 0.25) is 0 Å². The van der Waals surface area contributed by atoms with Gasteiger partial charge >= 0.3 is 0 Å². The first-order valence-corrected chi connectivity index (χ1v) is 10.2. The number of nitrogens with zero attached hydrogens (tertiary/aromatic N) is 5. The Labute approximate surface area is 170 Å². The molecule has 1 fully saturated rings. The maximum Gasteiger partial charge on any atom is 0.263 e. The van der Waals surface area contributed by atoms with Crippen molar-refractivity contribution in [1.82, 2.24) is 29.5 Å². The molecule has 158 valence electrons. The summed E-state index contributed by atoms with van der Waals surface area (Å²) in [5.74, 6) is 0.329. The molecule has 1 aliphatic heterocycles. The molecule has 0 spiro atoms. The zero-order chi connectivity index (χ0) is 20.8. The molecular weight excluding hydrogens is 372 g/mol. The van der Waals surface area contributed by atoms with E-state index in [0.29, 0.717) is 30.9 Å². The van der Waals surface area contributed by atoms with Crippen LogP contribution < -0.4 is 10.9 Å². The van der Waals surface area contributed by atoms with Crippen LogP contribution in [-0.4, -0.2) is 63.0 Å². The van der Waals surface area contributed by atoms with Crippen LogP contribution in [0.5, 0.6) is 0 Å². The summed E-state index contributed by atoms with van der Waals surface area (Å²) in [6.07, 6.45) is 3.90. The maximum absolute atomic E-state index is 13.0. The highest BCUT2D eigenvalue weighted by atomic mass is 16.5. The minimum Gasteiger partial charge on any atom is -0.379 e. The largest absolute Gasteiger partial charge is 0.379 e. The lowest BCUT2D eigenvalue weighted by molar-refractivity contribution is 0.0362. The maximum atomic E-state index is 13.0. The van der Waals surface area contributed by atoms with E-state index in [1.165, 1.54) is 6.33 Å². The van der Waals surface area contributed by atoms with E-state index in [1.807, 2.05) is 19.9 Å². The van der Waals surface area contributed by atoms with Gasteiger partial charge in [-0.1, -0.05) is 6.92 Å². The van der Waals surface area contributed by atoms with Crippen LogP contribution >= 0.6 is 0 Å². The van der Waals surface area contributed by atoms with Gasteiger partial charge in [0.15, 0.2) is 0 Å². The molecule has 0 bridgehead atoms. The Balaban J connectivity index is 1.76. The number of hydrogen-bond donors (Lipinski definition) is 1. The smallest absolute Gasteiger partial charge is 0.263 e. The number of hydrogen-bond acceptors (Lipinski definition) is 6. The van der Waals surface area contributed by atoms with Crippen LogP contribution in [0.4, 0.5) is 0 Å². The van der Waals surface area contributed by atoms with Crippen LogP contribution in [0, 0.1) is 6.92 Å². The van der Waals surface area contributed by atoms with E-state index in [2.05, 4.69) is 20.3 Å². The minimum atomic E-state index is -0.370. The van der Waals surface area contributed by atoms with Gasteiger partial charge in [-0.15, -0.1) is 0 Å². The second kappa shape index (κ2) is 9.80. The van der Waals surface area contributed by atoms with E-state index in [0.717, 1.165) is 32.8 Å². The average molecular weight is 402 g/mol. The van der Waals surface area contributed by atoms with Crippen molar-refractivity contribution in [2.75, 3.05) is 32.8 Å². The van der Waals surface area contributed by atoms with Crippen LogP contribution in [0.1, 0.15) is 48.1 Å². The molecule has 0 radical (unpaired) electrons. The molecule has 9 heteroatoms. The number of morpholine rings is 1. The van der Waals surface area contributed by atoms with Crippen LogP contribution in [0.15, 0.2) is 23.4 Å². The van der Waals surface area contributed by atoms with E-state index in [1.54, 1.807) is 22.4 Å². The molecule has 1 amide bonds.